The highest BCUT2D eigenvalue weighted by atomic mass is 16.5. The largest absolute Gasteiger partial charge is 0.497 e. The van der Waals surface area contributed by atoms with Crippen molar-refractivity contribution in [2.24, 2.45) is 11.7 Å². The van der Waals surface area contributed by atoms with Crippen LogP contribution in [0.5, 0.6) is 5.75 Å². The molecule has 4 N–H and O–H groups in total. The quantitative estimate of drug-likeness (QED) is 0.366. The van der Waals surface area contributed by atoms with E-state index in [4.69, 9.17) is 20.6 Å². The summed E-state index contributed by atoms with van der Waals surface area (Å²) in [6, 6.07) is 15.2. The molecule has 10 nitrogen and oxygen atoms in total. The van der Waals surface area contributed by atoms with Crippen LogP contribution in [0.25, 0.3) is 0 Å². The SMILES string of the molecule is COC(=O)N(C(=O)[C@@H](N)Cc1cccc(OC)c1)[C@@H](C)CCCN1C(=N)N[C@](CC(C)C)(c2ccccc2)C1=O. The summed E-state index contributed by atoms with van der Waals surface area (Å²) in [5.41, 5.74) is 6.86. The predicted octanol–water partition coefficient (Wildman–Crippen LogP) is 3.64. The lowest BCUT2D eigenvalue weighted by atomic mass is 9.82. The van der Waals surface area contributed by atoms with Gasteiger partial charge in [-0.25, -0.2) is 9.69 Å². The molecule has 3 atom stereocenters. The van der Waals surface area contributed by atoms with E-state index in [1.165, 1.54) is 12.0 Å². The van der Waals surface area contributed by atoms with Gasteiger partial charge in [-0.05, 0) is 61.8 Å². The molecule has 0 aliphatic carbocycles. The van der Waals surface area contributed by atoms with Crippen molar-refractivity contribution in [2.75, 3.05) is 20.8 Å². The van der Waals surface area contributed by atoms with Gasteiger partial charge in [0.1, 0.15) is 11.3 Å². The lowest BCUT2D eigenvalue weighted by Gasteiger charge is -2.30. The Morgan fingerprint density at radius 1 is 1.10 bits per heavy atom. The van der Waals surface area contributed by atoms with Gasteiger partial charge in [0.2, 0.25) is 5.91 Å². The topological polar surface area (TPSA) is 138 Å². The summed E-state index contributed by atoms with van der Waals surface area (Å²) >= 11 is 0. The minimum atomic E-state index is -1.00. The van der Waals surface area contributed by atoms with Gasteiger partial charge in [-0.3, -0.25) is 19.9 Å². The number of guanidine groups is 1. The monoisotopic (exact) mass is 551 g/mol. The molecule has 2 aromatic carbocycles. The van der Waals surface area contributed by atoms with Gasteiger partial charge in [-0.1, -0.05) is 56.3 Å². The zero-order valence-corrected chi connectivity index (χ0v) is 24.0. The maximum absolute atomic E-state index is 13.7. The molecule has 0 unspecified atom stereocenters. The maximum Gasteiger partial charge on any atom is 0.416 e. The van der Waals surface area contributed by atoms with Crippen molar-refractivity contribution in [2.45, 2.75) is 64.1 Å². The molecule has 1 heterocycles. The predicted molar refractivity (Wildman–Crippen MR) is 153 cm³/mol. The number of rotatable bonds is 12. The van der Waals surface area contributed by atoms with Gasteiger partial charge >= 0.3 is 6.09 Å². The Hall–Kier alpha value is -3.92. The fourth-order valence-corrected chi connectivity index (χ4v) is 5.23. The first-order valence-corrected chi connectivity index (χ1v) is 13.6. The van der Waals surface area contributed by atoms with Gasteiger partial charge in [-0.15, -0.1) is 0 Å². The number of nitrogens with zero attached hydrogens (tertiary/aromatic N) is 2. The van der Waals surface area contributed by atoms with Crippen LogP contribution in [-0.2, 0) is 26.3 Å². The van der Waals surface area contributed by atoms with E-state index >= 15 is 0 Å². The third-order valence-electron chi connectivity index (χ3n) is 7.15. The zero-order chi connectivity index (χ0) is 29.4. The summed E-state index contributed by atoms with van der Waals surface area (Å²) in [5, 5.41) is 11.7. The van der Waals surface area contributed by atoms with Gasteiger partial charge < -0.3 is 20.5 Å². The molecule has 1 aliphatic heterocycles. The summed E-state index contributed by atoms with van der Waals surface area (Å²) in [5.74, 6) is 0.185. The number of carbonyl (C=O) groups is 3. The molecule has 0 aromatic heterocycles. The standard InChI is InChI=1S/C30H41N5O5/c1-20(2)19-30(23-13-7-6-8-14-23)27(37)34(28(32)33-30)16-10-11-21(3)35(29(38)40-5)26(36)25(31)18-22-12-9-15-24(17-22)39-4/h6-9,12-15,17,20-21,25H,10-11,16,18-19,31H2,1-5H3,(H2,32,33)/t21-,25-,30+/m0/s1. The Morgan fingerprint density at radius 2 is 1.80 bits per heavy atom. The Morgan fingerprint density at radius 3 is 2.42 bits per heavy atom. The average Bonchev–Trinajstić information content (AvgIpc) is 3.17. The van der Waals surface area contributed by atoms with E-state index in [0.29, 0.717) is 25.0 Å². The molecule has 216 valence electrons. The van der Waals surface area contributed by atoms with Crippen molar-refractivity contribution in [1.29, 1.82) is 5.41 Å². The van der Waals surface area contributed by atoms with Crippen LogP contribution in [0.15, 0.2) is 54.6 Å². The number of methoxy groups -OCH3 is 2. The van der Waals surface area contributed by atoms with Gasteiger partial charge in [0, 0.05) is 12.6 Å². The van der Waals surface area contributed by atoms with Crippen LogP contribution in [0, 0.1) is 11.3 Å². The van der Waals surface area contributed by atoms with Crippen molar-refractivity contribution in [3.8, 4) is 5.75 Å². The average molecular weight is 552 g/mol. The smallest absolute Gasteiger partial charge is 0.416 e. The summed E-state index contributed by atoms with van der Waals surface area (Å²) in [7, 11) is 2.78. The highest BCUT2D eigenvalue weighted by Crippen LogP contribution is 2.35. The van der Waals surface area contributed by atoms with E-state index in [2.05, 4.69) is 5.32 Å². The molecular formula is C30H41N5O5. The summed E-state index contributed by atoms with van der Waals surface area (Å²) in [6.45, 7) is 6.10. The third kappa shape index (κ3) is 6.80. The Balaban J connectivity index is 1.68. The van der Waals surface area contributed by atoms with Crippen molar-refractivity contribution in [3.63, 3.8) is 0 Å². The van der Waals surface area contributed by atoms with Crippen LogP contribution in [-0.4, -0.2) is 66.5 Å². The Kier molecular flexibility index (Phi) is 10.3. The lowest BCUT2D eigenvalue weighted by Crippen LogP contribution is -2.51. The van der Waals surface area contributed by atoms with Crippen molar-refractivity contribution in [1.82, 2.24) is 15.1 Å². The van der Waals surface area contributed by atoms with Gasteiger partial charge in [0.05, 0.1) is 20.3 Å². The van der Waals surface area contributed by atoms with Crippen LogP contribution in [0.4, 0.5) is 4.79 Å². The molecule has 40 heavy (non-hydrogen) atoms. The second-order valence-electron chi connectivity index (χ2n) is 10.6. The molecule has 1 aliphatic rings. The third-order valence-corrected chi connectivity index (χ3v) is 7.15. The molecule has 3 amide bonds. The van der Waals surface area contributed by atoms with E-state index < -0.39 is 29.6 Å². The summed E-state index contributed by atoms with van der Waals surface area (Å²) < 4.78 is 10.1. The van der Waals surface area contributed by atoms with E-state index in [-0.39, 0.29) is 30.8 Å². The molecule has 2 aromatic rings. The number of carbonyl (C=O) groups excluding carboxylic acids is 3. The Bertz CT molecular complexity index is 1200. The molecule has 1 fully saturated rings. The number of hydrogen-bond donors (Lipinski definition) is 3. The van der Waals surface area contributed by atoms with E-state index in [1.807, 2.05) is 56.3 Å². The van der Waals surface area contributed by atoms with Crippen molar-refractivity contribution < 1.29 is 23.9 Å². The first-order valence-electron chi connectivity index (χ1n) is 13.6. The Labute approximate surface area is 236 Å². The number of nitrogens with one attached hydrogen (secondary N) is 2. The minimum absolute atomic E-state index is 0.0448. The fourth-order valence-electron chi connectivity index (χ4n) is 5.23. The summed E-state index contributed by atoms with van der Waals surface area (Å²) in [4.78, 5) is 42.1. The van der Waals surface area contributed by atoms with Crippen LogP contribution in [0.3, 0.4) is 0 Å². The highest BCUT2D eigenvalue weighted by Gasteiger charge is 2.50. The minimum Gasteiger partial charge on any atom is -0.497 e. The van der Waals surface area contributed by atoms with Gasteiger partial charge in [0.25, 0.3) is 5.91 Å². The molecule has 0 spiro atoms. The first-order chi connectivity index (χ1) is 19.0. The molecule has 0 bridgehead atoms. The zero-order valence-electron chi connectivity index (χ0n) is 24.0. The second-order valence-corrected chi connectivity index (χ2v) is 10.6. The highest BCUT2D eigenvalue weighted by molar-refractivity contribution is 6.08. The molecular weight excluding hydrogens is 510 g/mol. The number of imide groups is 1. The summed E-state index contributed by atoms with van der Waals surface area (Å²) in [6.07, 6.45) is 0.826. The molecule has 10 heteroatoms. The van der Waals surface area contributed by atoms with Gasteiger partial charge in [0.15, 0.2) is 5.96 Å². The molecule has 0 saturated carbocycles. The van der Waals surface area contributed by atoms with E-state index in [1.54, 1.807) is 26.2 Å². The fraction of sp³-hybridized carbons (Fsp3) is 0.467. The van der Waals surface area contributed by atoms with Crippen LogP contribution in [0.1, 0.15) is 51.2 Å². The molecule has 1 saturated heterocycles. The number of nitrogens with two attached hydrogens (primary N) is 1. The normalized spacial score (nSPS) is 18.3. The van der Waals surface area contributed by atoms with Crippen LogP contribution >= 0.6 is 0 Å². The van der Waals surface area contributed by atoms with Crippen LogP contribution in [0.2, 0.25) is 0 Å². The van der Waals surface area contributed by atoms with Gasteiger partial charge in [-0.2, -0.15) is 0 Å². The lowest BCUT2D eigenvalue weighted by molar-refractivity contribution is -0.133. The number of hydrogen-bond acceptors (Lipinski definition) is 7. The number of benzene rings is 2. The van der Waals surface area contributed by atoms with Crippen molar-refractivity contribution >= 4 is 23.9 Å². The molecule has 3 rings (SSSR count). The van der Waals surface area contributed by atoms with Crippen LogP contribution < -0.4 is 15.8 Å². The van der Waals surface area contributed by atoms with E-state index in [9.17, 15) is 14.4 Å². The van der Waals surface area contributed by atoms with E-state index in [0.717, 1.165) is 16.0 Å². The molecule has 0 radical (unpaired) electrons. The van der Waals surface area contributed by atoms with Crippen molar-refractivity contribution in [3.05, 3.63) is 65.7 Å². The number of ether oxygens (including phenoxy) is 2. The maximum atomic E-state index is 13.7. The first kappa shape index (κ1) is 30.6. The second kappa shape index (κ2) is 13.4. The number of amides is 3.